The number of carbonyl (C=O) groups is 1. The Hall–Kier alpha value is -2.47. The van der Waals surface area contributed by atoms with E-state index >= 15 is 0 Å². The minimum Gasteiger partial charge on any atom is -0.300 e. The van der Waals surface area contributed by atoms with Gasteiger partial charge in [0.1, 0.15) is 6.54 Å². The fourth-order valence-corrected chi connectivity index (χ4v) is 2.94. The quantitative estimate of drug-likeness (QED) is 0.804. The van der Waals surface area contributed by atoms with Gasteiger partial charge in [-0.1, -0.05) is 30.3 Å². The number of rotatable bonds is 4. The van der Waals surface area contributed by atoms with E-state index in [2.05, 4.69) is 15.4 Å². The maximum atomic E-state index is 12.1. The average molecular weight is 312 g/mol. The monoisotopic (exact) mass is 312 g/mol. The van der Waals surface area contributed by atoms with Crippen LogP contribution < -0.4 is 5.32 Å². The standard InChI is InChI=1S/C16H16N4OS/c1-11-8-12(2)20(19-11)9-15(21)18-16-17-14(10-22-16)13-6-4-3-5-7-13/h3-8,10H,9H2,1-2H3,(H,17,18,21). The van der Waals surface area contributed by atoms with Crippen LogP contribution in [0.1, 0.15) is 11.4 Å². The van der Waals surface area contributed by atoms with E-state index in [1.165, 1.54) is 11.3 Å². The van der Waals surface area contributed by atoms with E-state index in [-0.39, 0.29) is 12.5 Å². The third kappa shape index (κ3) is 3.23. The van der Waals surface area contributed by atoms with Crippen molar-refractivity contribution in [2.75, 3.05) is 5.32 Å². The van der Waals surface area contributed by atoms with Crippen molar-refractivity contribution in [2.45, 2.75) is 20.4 Å². The summed E-state index contributed by atoms with van der Waals surface area (Å²) in [6.07, 6.45) is 0. The molecule has 1 amide bonds. The molecule has 0 atom stereocenters. The fourth-order valence-electron chi connectivity index (χ4n) is 2.20. The molecule has 6 heteroatoms. The Morgan fingerprint density at radius 1 is 1.27 bits per heavy atom. The third-order valence-electron chi connectivity index (χ3n) is 3.22. The Labute approximate surface area is 132 Å². The van der Waals surface area contributed by atoms with Gasteiger partial charge in [-0.2, -0.15) is 5.10 Å². The molecule has 0 saturated heterocycles. The van der Waals surface area contributed by atoms with E-state index in [0.717, 1.165) is 22.6 Å². The number of thiazole rings is 1. The Bertz CT molecular complexity index is 792. The summed E-state index contributed by atoms with van der Waals surface area (Å²) >= 11 is 1.42. The molecule has 0 aliphatic rings. The molecular formula is C16H16N4OS. The van der Waals surface area contributed by atoms with E-state index in [1.807, 2.05) is 55.6 Å². The van der Waals surface area contributed by atoms with Gasteiger partial charge in [0, 0.05) is 16.6 Å². The van der Waals surface area contributed by atoms with Gasteiger partial charge in [0.15, 0.2) is 5.13 Å². The zero-order valence-electron chi connectivity index (χ0n) is 12.4. The highest BCUT2D eigenvalue weighted by atomic mass is 32.1. The molecule has 22 heavy (non-hydrogen) atoms. The van der Waals surface area contributed by atoms with Crippen LogP contribution in [0.2, 0.25) is 0 Å². The largest absolute Gasteiger partial charge is 0.300 e. The van der Waals surface area contributed by atoms with E-state index in [0.29, 0.717) is 5.13 Å². The van der Waals surface area contributed by atoms with E-state index in [9.17, 15) is 4.79 Å². The van der Waals surface area contributed by atoms with Crippen LogP contribution in [-0.4, -0.2) is 20.7 Å². The third-order valence-corrected chi connectivity index (χ3v) is 3.97. The molecule has 0 radical (unpaired) electrons. The number of hydrogen-bond donors (Lipinski definition) is 1. The first kappa shape index (κ1) is 14.5. The Kier molecular flexibility index (Phi) is 4.02. The molecule has 0 aliphatic heterocycles. The van der Waals surface area contributed by atoms with Gasteiger partial charge in [-0.05, 0) is 19.9 Å². The fraction of sp³-hybridized carbons (Fsp3) is 0.188. The molecule has 1 aromatic carbocycles. The number of carbonyl (C=O) groups excluding carboxylic acids is 1. The predicted octanol–water partition coefficient (Wildman–Crippen LogP) is 3.26. The molecule has 5 nitrogen and oxygen atoms in total. The van der Waals surface area contributed by atoms with E-state index in [1.54, 1.807) is 4.68 Å². The van der Waals surface area contributed by atoms with Crippen LogP contribution in [0.15, 0.2) is 41.8 Å². The van der Waals surface area contributed by atoms with Crippen molar-refractivity contribution < 1.29 is 4.79 Å². The van der Waals surface area contributed by atoms with Crippen LogP contribution in [0.4, 0.5) is 5.13 Å². The lowest BCUT2D eigenvalue weighted by atomic mass is 10.2. The zero-order valence-corrected chi connectivity index (χ0v) is 13.2. The zero-order chi connectivity index (χ0) is 15.5. The van der Waals surface area contributed by atoms with Crippen molar-refractivity contribution in [3.05, 3.63) is 53.2 Å². The second kappa shape index (κ2) is 6.11. The highest BCUT2D eigenvalue weighted by Gasteiger charge is 2.10. The lowest BCUT2D eigenvalue weighted by Crippen LogP contribution is -2.20. The second-order valence-electron chi connectivity index (χ2n) is 5.04. The lowest BCUT2D eigenvalue weighted by Gasteiger charge is -2.04. The molecule has 3 rings (SSSR count). The predicted molar refractivity (Wildman–Crippen MR) is 87.9 cm³/mol. The van der Waals surface area contributed by atoms with Gasteiger partial charge >= 0.3 is 0 Å². The Morgan fingerprint density at radius 3 is 2.73 bits per heavy atom. The highest BCUT2D eigenvalue weighted by molar-refractivity contribution is 7.14. The van der Waals surface area contributed by atoms with E-state index in [4.69, 9.17) is 0 Å². The van der Waals surface area contributed by atoms with Gasteiger partial charge in [-0.3, -0.25) is 9.48 Å². The minimum absolute atomic E-state index is 0.125. The molecule has 0 aliphatic carbocycles. The first-order valence-corrected chi connectivity index (χ1v) is 7.81. The molecule has 0 fully saturated rings. The minimum atomic E-state index is -0.125. The number of hydrogen-bond acceptors (Lipinski definition) is 4. The van der Waals surface area contributed by atoms with Crippen molar-refractivity contribution in [3.8, 4) is 11.3 Å². The number of nitrogens with zero attached hydrogens (tertiary/aromatic N) is 3. The molecule has 0 unspecified atom stereocenters. The van der Waals surface area contributed by atoms with Crippen LogP contribution >= 0.6 is 11.3 Å². The molecule has 2 aromatic heterocycles. The van der Waals surface area contributed by atoms with Crippen LogP contribution in [0.25, 0.3) is 11.3 Å². The van der Waals surface area contributed by atoms with Gasteiger partial charge in [0.05, 0.1) is 11.4 Å². The summed E-state index contributed by atoms with van der Waals surface area (Å²) in [7, 11) is 0. The topological polar surface area (TPSA) is 59.8 Å². The van der Waals surface area contributed by atoms with Crippen LogP contribution in [0, 0.1) is 13.8 Å². The van der Waals surface area contributed by atoms with Crippen LogP contribution in [0.3, 0.4) is 0 Å². The van der Waals surface area contributed by atoms with Crippen LogP contribution in [0.5, 0.6) is 0 Å². The van der Waals surface area contributed by atoms with Crippen molar-refractivity contribution in [1.82, 2.24) is 14.8 Å². The molecule has 0 bridgehead atoms. The summed E-state index contributed by atoms with van der Waals surface area (Å²) in [5.41, 5.74) is 3.78. The number of anilines is 1. The normalized spacial score (nSPS) is 10.6. The Balaban J connectivity index is 1.67. The summed E-state index contributed by atoms with van der Waals surface area (Å²) in [6, 6.07) is 11.8. The molecule has 3 aromatic rings. The van der Waals surface area contributed by atoms with Crippen molar-refractivity contribution in [1.29, 1.82) is 0 Å². The summed E-state index contributed by atoms with van der Waals surface area (Å²) in [5.74, 6) is -0.125. The molecule has 112 valence electrons. The summed E-state index contributed by atoms with van der Waals surface area (Å²) in [6.45, 7) is 4.04. The smallest absolute Gasteiger partial charge is 0.247 e. The molecule has 1 N–H and O–H groups in total. The van der Waals surface area contributed by atoms with Crippen molar-refractivity contribution in [2.24, 2.45) is 0 Å². The average Bonchev–Trinajstić information content (AvgIpc) is 3.07. The Morgan fingerprint density at radius 2 is 2.05 bits per heavy atom. The number of amides is 1. The van der Waals surface area contributed by atoms with Gasteiger partial charge < -0.3 is 5.32 Å². The van der Waals surface area contributed by atoms with Gasteiger partial charge in [0.25, 0.3) is 0 Å². The van der Waals surface area contributed by atoms with Crippen molar-refractivity contribution in [3.63, 3.8) is 0 Å². The molecule has 0 saturated carbocycles. The maximum absolute atomic E-state index is 12.1. The first-order chi connectivity index (χ1) is 10.6. The number of aryl methyl sites for hydroxylation is 2. The number of benzene rings is 1. The molecular weight excluding hydrogens is 296 g/mol. The summed E-state index contributed by atoms with van der Waals surface area (Å²) < 4.78 is 1.69. The molecule has 0 spiro atoms. The number of aromatic nitrogens is 3. The van der Waals surface area contributed by atoms with Crippen LogP contribution in [-0.2, 0) is 11.3 Å². The van der Waals surface area contributed by atoms with E-state index < -0.39 is 0 Å². The second-order valence-corrected chi connectivity index (χ2v) is 5.89. The van der Waals surface area contributed by atoms with Crippen molar-refractivity contribution >= 4 is 22.4 Å². The molecule has 2 heterocycles. The highest BCUT2D eigenvalue weighted by Crippen LogP contribution is 2.24. The summed E-state index contributed by atoms with van der Waals surface area (Å²) in [5, 5.41) is 9.65. The lowest BCUT2D eigenvalue weighted by molar-refractivity contribution is -0.116. The SMILES string of the molecule is Cc1cc(C)n(CC(=O)Nc2nc(-c3ccccc3)cs2)n1. The number of nitrogens with one attached hydrogen (secondary N) is 1. The summed E-state index contributed by atoms with van der Waals surface area (Å²) in [4.78, 5) is 16.5. The first-order valence-electron chi connectivity index (χ1n) is 6.93. The van der Waals surface area contributed by atoms with Gasteiger partial charge in [0.2, 0.25) is 5.91 Å². The van der Waals surface area contributed by atoms with Gasteiger partial charge in [-0.25, -0.2) is 4.98 Å². The maximum Gasteiger partial charge on any atom is 0.247 e. The van der Waals surface area contributed by atoms with Gasteiger partial charge in [-0.15, -0.1) is 11.3 Å².